The zero-order chi connectivity index (χ0) is 10.3. The molecule has 0 heterocycles. The minimum atomic E-state index is -0.0209. The predicted octanol–water partition coefficient (Wildman–Crippen LogP) is 3.31. The molecule has 1 nitrogen and oxygen atoms in total. The topological polar surface area (TPSA) is 17.1 Å². The Morgan fingerprint density at radius 2 is 2.00 bits per heavy atom. The molecule has 1 aliphatic rings. The standard InChI is InChI=1S/C12H13BrO/c1-12(2)7-10(13)11(14)8-5-3-4-6-9(8)12/h3-6,10H,7H2,1-2H3/t10-/m0/s1. The number of fused-ring (bicyclic) bond motifs is 1. The number of carbonyl (C=O) groups is 1. The highest BCUT2D eigenvalue weighted by atomic mass is 79.9. The molecule has 0 radical (unpaired) electrons. The van der Waals surface area contributed by atoms with E-state index in [9.17, 15) is 4.79 Å². The van der Waals surface area contributed by atoms with E-state index < -0.39 is 0 Å². The predicted molar refractivity (Wildman–Crippen MR) is 61.1 cm³/mol. The largest absolute Gasteiger partial charge is 0.293 e. The molecule has 2 rings (SSSR count). The monoisotopic (exact) mass is 252 g/mol. The minimum Gasteiger partial charge on any atom is -0.293 e. The molecule has 1 aliphatic carbocycles. The number of ketones is 1. The first kappa shape index (κ1) is 9.91. The average molecular weight is 253 g/mol. The van der Waals surface area contributed by atoms with Crippen LogP contribution in [0.2, 0.25) is 0 Å². The van der Waals surface area contributed by atoms with Gasteiger partial charge < -0.3 is 0 Å². The van der Waals surface area contributed by atoms with E-state index in [1.54, 1.807) is 0 Å². The summed E-state index contributed by atoms with van der Waals surface area (Å²) in [6.07, 6.45) is 0.878. The van der Waals surface area contributed by atoms with Crippen LogP contribution < -0.4 is 0 Å². The minimum absolute atomic E-state index is 0.0209. The SMILES string of the molecule is CC1(C)C[C@H](Br)C(=O)c2ccccc21. The van der Waals surface area contributed by atoms with Gasteiger partial charge in [0.25, 0.3) is 0 Å². The van der Waals surface area contributed by atoms with Gasteiger partial charge in [0.15, 0.2) is 5.78 Å². The summed E-state index contributed by atoms with van der Waals surface area (Å²) in [6.45, 7) is 4.37. The van der Waals surface area contributed by atoms with Crippen LogP contribution >= 0.6 is 15.9 Å². The summed E-state index contributed by atoms with van der Waals surface area (Å²) in [7, 11) is 0. The van der Waals surface area contributed by atoms with Gasteiger partial charge in [-0.3, -0.25) is 4.79 Å². The van der Waals surface area contributed by atoms with E-state index in [-0.39, 0.29) is 16.0 Å². The fourth-order valence-corrected chi connectivity index (χ4v) is 3.16. The van der Waals surface area contributed by atoms with Crippen molar-refractivity contribution in [1.82, 2.24) is 0 Å². The van der Waals surface area contributed by atoms with Crippen LogP contribution in [0.1, 0.15) is 36.2 Å². The zero-order valence-corrected chi connectivity index (χ0v) is 9.97. The van der Waals surface area contributed by atoms with Gasteiger partial charge in [0, 0.05) is 5.56 Å². The van der Waals surface area contributed by atoms with Crippen LogP contribution in [0.5, 0.6) is 0 Å². The van der Waals surface area contributed by atoms with Crippen LogP contribution in [-0.4, -0.2) is 10.6 Å². The molecular weight excluding hydrogens is 240 g/mol. The van der Waals surface area contributed by atoms with Crippen molar-refractivity contribution in [3.8, 4) is 0 Å². The van der Waals surface area contributed by atoms with Crippen molar-refractivity contribution in [2.24, 2.45) is 0 Å². The van der Waals surface area contributed by atoms with Crippen molar-refractivity contribution < 1.29 is 4.79 Å². The fourth-order valence-electron chi connectivity index (χ4n) is 2.11. The Balaban J connectivity index is 2.62. The quantitative estimate of drug-likeness (QED) is 0.648. The Hall–Kier alpha value is -0.630. The third-order valence-corrected chi connectivity index (χ3v) is 3.64. The molecule has 0 spiro atoms. The van der Waals surface area contributed by atoms with Crippen LogP contribution in [0, 0.1) is 0 Å². The van der Waals surface area contributed by atoms with E-state index in [4.69, 9.17) is 0 Å². The summed E-state index contributed by atoms with van der Waals surface area (Å²) in [5.41, 5.74) is 2.16. The smallest absolute Gasteiger partial charge is 0.176 e. The summed E-state index contributed by atoms with van der Waals surface area (Å²) in [6, 6.07) is 7.92. The van der Waals surface area contributed by atoms with E-state index in [1.807, 2.05) is 18.2 Å². The molecule has 1 atom stereocenters. The second-order valence-corrected chi connectivity index (χ2v) is 5.57. The molecule has 0 fully saturated rings. The molecule has 0 bridgehead atoms. The van der Waals surface area contributed by atoms with Crippen LogP contribution in [0.4, 0.5) is 0 Å². The summed E-state index contributed by atoms with van der Waals surface area (Å²) >= 11 is 3.45. The third kappa shape index (κ3) is 1.42. The molecule has 0 saturated heterocycles. The Kier molecular flexibility index (Phi) is 2.26. The van der Waals surface area contributed by atoms with Crippen LogP contribution in [0.25, 0.3) is 0 Å². The summed E-state index contributed by atoms with van der Waals surface area (Å²) in [5, 5.41) is 0. The van der Waals surface area contributed by atoms with E-state index >= 15 is 0 Å². The number of benzene rings is 1. The Bertz CT molecular complexity index is 382. The number of halogens is 1. The molecule has 1 aromatic carbocycles. The molecule has 14 heavy (non-hydrogen) atoms. The number of Topliss-reactive ketones (excluding diaryl/α,β-unsaturated/α-hetero) is 1. The van der Waals surface area contributed by atoms with Gasteiger partial charge in [0.1, 0.15) is 0 Å². The van der Waals surface area contributed by atoms with E-state index in [0.29, 0.717) is 0 Å². The van der Waals surface area contributed by atoms with Gasteiger partial charge in [-0.15, -0.1) is 0 Å². The Morgan fingerprint density at radius 3 is 2.71 bits per heavy atom. The molecule has 2 heteroatoms. The van der Waals surface area contributed by atoms with Gasteiger partial charge in [-0.2, -0.15) is 0 Å². The van der Waals surface area contributed by atoms with Gasteiger partial charge in [-0.05, 0) is 17.4 Å². The van der Waals surface area contributed by atoms with Gasteiger partial charge in [0.2, 0.25) is 0 Å². The van der Waals surface area contributed by atoms with Crippen molar-refractivity contribution in [2.45, 2.75) is 30.5 Å². The molecule has 0 saturated carbocycles. The molecule has 0 aromatic heterocycles. The lowest BCUT2D eigenvalue weighted by Gasteiger charge is -2.34. The molecule has 1 aromatic rings. The van der Waals surface area contributed by atoms with Gasteiger partial charge in [-0.25, -0.2) is 0 Å². The van der Waals surface area contributed by atoms with Crippen molar-refractivity contribution in [2.75, 3.05) is 0 Å². The number of hydrogen-bond acceptors (Lipinski definition) is 1. The van der Waals surface area contributed by atoms with Crippen LogP contribution in [-0.2, 0) is 5.41 Å². The lowest BCUT2D eigenvalue weighted by atomic mass is 9.72. The maximum atomic E-state index is 11.9. The molecular formula is C12H13BrO. The van der Waals surface area contributed by atoms with Crippen molar-refractivity contribution in [3.63, 3.8) is 0 Å². The van der Waals surface area contributed by atoms with Gasteiger partial charge >= 0.3 is 0 Å². The van der Waals surface area contributed by atoms with E-state index in [2.05, 4.69) is 35.8 Å². The number of rotatable bonds is 0. The van der Waals surface area contributed by atoms with Crippen molar-refractivity contribution >= 4 is 21.7 Å². The molecule has 0 aliphatic heterocycles. The Morgan fingerprint density at radius 1 is 1.36 bits per heavy atom. The molecule has 74 valence electrons. The second kappa shape index (κ2) is 3.20. The number of hydrogen-bond donors (Lipinski definition) is 0. The van der Waals surface area contributed by atoms with E-state index in [0.717, 1.165) is 12.0 Å². The Labute approximate surface area is 92.6 Å². The number of alkyl halides is 1. The third-order valence-electron chi connectivity index (χ3n) is 2.90. The first-order valence-electron chi connectivity index (χ1n) is 4.80. The summed E-state index contributed by atoms with van der Waals surface area (Å²) in [4.78, 5) is 11.8. The highest BCUT2D eigenvalue weighted by molar-refractivity contribution is 9.10. The lowest BCUT2D eigenvalue weighted by molar-refractivity contribution is 0.0967. The fraction of sp³-hybridized carbons (Fsp3) is 0.417. The number of carbonyl (C=O) groups excluding carboxylic acids is 1. The highest BCUT2D eigenvalue weighted by Crippen LogP contribution is 2.38. The lowest BCUT2D eigenvalue weighted by Crippen LogP contribution is -2.34. The van der Waals surface area contributed by atoms with Gasteiger partial charge in [-0.1, -0.05) is 54.0 Å². The van der Waals surface area contributed by atoms with Crippen LogP contribution in [0.3, 0.4) is 0 Å². The average Bonchev–Trinajstić information content (AvgIpc) is 2.14. The summed E-state index contributed by atoms with van der Waals surface area (Å²) in [5.74, 6) is 0.222. The van der Waals surface area contributed by atoms with Crippen molar-refractivity contribution in [1.29, 1.82) is 0 Å². The molecule has 0 amide bonds. The second-order valence-electron chi connectivity index (χ2n) is 4.47. The highest BCUT2D eigenvalue weighted by Gasteiger charge is 2.36. The van der Waals surface area contributed by atoms with E-state index in [1.165, 1.54) is 5.56 Å². The maximum Gasteiger partial charge on any atom is 0.176 e. The maximum absolute atomic E-state index is 11.9. The zero-order valence-electron chi connectivity index (χ0n) is 8.38. The normalized spacial score (nSPS) is 24.5. The molecule has 0 unspecified atom stereocenters. The summed E-state index contributed by atoms with van der Waals surface area (Å²) < 4.78 is 0. The first-order valence-corrected chi connectivity index (χ1v) is 5.72. The van der Waals surface area contributed by atoms with Gasteiger partial charge in [0.05, 0.1) is 4.83 Å². The van der Waals surface area contributed by atoms with Crippen LogP contribution in [0.15, 0.2) is 24.3 Å². The first-order chi connectivity index (χ1) is 6.52. The molecule has 0 N–H and O–H groups in total. The van der Waals surface area contributed by atoms with Crippen molar-refractivity contribution in [3.05, 3.63) is 35.4 Å².